The van der Waals surface area contributed by atoms with Gasteiger partial charge >= 0.3 is 0 Å². The van der Waals surface area contributed by atoms with Gasteiger partial charge in [-0.3, -0.25) is 4.79 Å². The number of nitrogens with one attached hydrogen (secondary N) is 1. The molecule has 0 atom stereocenters. The number of pyridine rings is 1. The second-order valence-electron chi connectivity index (χ2n) is 2.31. The first-order valence-corrected chi connectivity index (χ1v) is 4.61. The third-order valence-electron chi connectivity index (χ3n) is 1.37. The molecule has 0 aromatic carbocycles. The zero-order valence-electron chi connectivity index (χ0n) is 6.76. The van der Waals surface area contributed by atoms with Crippen LogP contribution >= 0.6 is 23.2 Å². The van der Waals surface area contributed by atoms with Crippen LogP contribution in [0.5, 0.6) is 0 Å². The Morgan fingerprint density at radius 1 is 1.62 bits per heavy atom. The summed E-state index contributed by atoms with van der Waals surface area (Å²) in [5.74, 6) is 0.204. The number of carbonyl (C=O) groups is 1. The fourth-order valence-electron chi connectivity index (χ4n) is 0.807. The minimum atomic E-state index is -0.190. The van der Waals surface area contributed by atoms with Crippen molar-refractivity contribution in [2.24, 2.45) is 0 Å². The molecule has 70 valence electrons. The number of alkyl halides is 1. The van der Waals surface area contributed by atoms with Crippen LogP contribution in [-0.2, 0) is 0 Å². The van der Waals surface area contributed by atoms with Gasteiger partial charge in [0, 0.05) is 24.2 Å². The topological polar surface area (TPSA) is 42.0 Å². The summed E-state index contributed by atoms with van der Waals surface area (Å²) in [6.07, 6.45) is 1.48. The molecular weight excluding hydrogens is 211 g/mol. The number of amides is 1. The number of halogens is 2. The van der Waals surface area contributed by atoms with E-state index in [1.165, 1.54) is 12.3 Å². The van der Waals surface area contributed by atoms with Crippen molar-refractivity contribution in [3.63, 3.8) is 0 Å². The van der Waals surface area contributed by atoms with E-state index < -0.39 is 0 Å². The van der Waals surface area contributed by atoms with Gasteiger partial charge in [-0.25, -0.2) is 4.98 Å². The van der Waals surface area contributed by atoms with Crippen molar-refractivity contribution in [3.05, 3.63) is 29.0 Å². The van der Waals surface area contributed by atoms with E-state index in [2.05, 4.69) is 10.3 Å². The van der Waals surface area contributed by atoms with Gasteiger partial charge in [0.15, 0.2) is 0 Å². The number of nitrogens with zero attached hydrogens (tertiary/aromatic N) is 1. The summed E-state index contributed by atoms with van der Waals surface area (Å²) in [5, 5.41) is 2.92. The molecule has 1 heterocycles. The Morgan fingerprint density at radius 2 is 2.38 bits per heavy atom. The van der Waals surface area contributed by atoms with E-state index in [1.807, 2.05) is 0 Å². The third-order valence-corrected chi connectivity index (χ3v) is 1.76. The first-order valence-electron chi connectivity index (χ1n) is 3.70. The average molecular weight is 219 g/mol. The van der Waals surface area contributed by atoms with Gasteiger partial charge in [-0.15, -0.1) is 11.6 Å². The number of hydrogen-bond acceptors (Lipinski definition) is 2. The van der Waals surface area contributed by atoms with Gasteiger partial charge in [-0.05, 0) is 12.1 Å². The van der Waals surface area contributed by atoms with Crippen LogP contribution in [0.4, 0.5) is 0 Å². The molecule has 5 heteroatoms. The zero-order valence-corrected chi connectivity index (χ0v) is 8.27. The molecule has 1 aromatic rings. The van der Waals surface area contributed by atoms with Crippen molar-refractivity contribution in [1.82, 2.24) is 10.3 Å². The average Bonchev–Trinajstić information content (AvgIpc) is 2.14. The van der Waals surface area contributed by atoms with Crippen LogP contribution in [0.1, 0.15) is 10.4 Å². The van der Waals surface area contributed by atoms with E-state index in [4.69, 9.17) is 23.2 Å². The monoisotopic (exact) mass is 218 g/mol. The molecule has 1 N–H and O–H groups in total. The van der Waals surface area contributed by atoms with Crippen LogP contribution < -0.4 is 5.32 Å². The third kappa shape index (κ3) is 3.20. The fraction of sp³-hybridized carbons (Fsp3) is 0.250. The molecule has 0 fully saturated rings. The summed E-state index contributed by atoms with van der Waals surface area (Å²) in [7, 11) is 0. The highest BCUT2D eigenvalue weighted by Crippen LogP contribution is 2.06. The van der Waals surface area contributed by atoms with Gasteiger partial charge < -0.3 is 5.32 Å². The van der Waals surface area contributed by atoms with Crippen molar-refractivity contribution in [3.8, 4) is 0 Å². The van der Waals surface area contributed by atoms with Crippen LogP contribution in [0.2, 0.25) is 5.15 Å². The second kappa shape index (κ2) is 5.04. The minimum absolute atomic E-state index is 0.190. The van der Waals surface area contributed by atoms with Crippen molar-refractivity contribution in [2.45, 2.75) is 0 Å². The Kier molecular flexibility index (Phi) is 3.99. The van der Waals surface area contributed by atoms with Crippen molar-refractivity contribution in [1.29, 1.82) is 0 Å². The number of rotatable bonds is 3. The molecule has 13 heavy (non-hydrogen) atoms. The molecule has 1 rings (SSSR count). The minimum Gasteiger partial charge on any atom is -0.351 e. The van der Waals surface area contributed by atoms with Crippen LogP contribution in [0.15, 0.2) is 18.3 Å². The van der Waals surface area contributed by atoms with Gasteiger partial charge in [-0.2, -0.15) is 0 Å². The lowest BCUT2D eigenvalue weighted by molar-refractivity contribution is 0.0956. The highest BCUT2D eigenvalue weighted by molar-refractivity contribution is 6.29. The summed E-state index contributed by atoms with van der Waals surface area (Å²) in [6.45, 7) is 0.445. The highest BCUT2D eigenvalue weighted by atomic mass is 35.5. The lowest BCUT2D eigenvalue weighted by Gasteiger charge is -2.01. The lowest BCUT2D eigenvalue weighted by atomic mass is 10.2. The summed E-state index contributed by atoms with van der Waals surface area (Å²) >= 11 is 11.0. The van der Waals surface area contributed by atoms with E-state index >= 15 is 0 Å². The van der Waals surface area contributed by atoms with Crippen molar-refractivity contribution in [2.75, 3.05) is 12.4 Å². The molecule has 0 saturated carbocycles. The van der Waals surface area contributed by atoms with Crippen LogP contribution in [0.25, 0.3) is 0 Å². The van der Waals surface area contributed by atoms with Gasteiger partial charge in [-0.1, -0.05) is 11.6 Å². The molecule has 0 aliphatic carbocycles. The Hall–Kier alpha value is -0.800. The van der Waals surface area contributed by atoms with E-state index in [9.17, 15) is 4.79 Å². The molecule has 0 saturated heterocycles. The molecule has 0 radical (unpaired) electrons. The Balaban J connectivity index is 2.66. The van der Waals surface area contributed by atoms with E-state index in [1.54, 1.807) is 6.07 Å². The molecule has 0 aliphatic rings. The largest absolute Gasteiger partial charge is 0.351 e. The molecule has 1 aromatic heterocycles. The normalized spacial score (nSPS) is 9.69. The lowest BCUT2D eigenvalue weighted by Crippen LogP contribution is -2.25. The van der Waals surface area contributed by atoms with E-state index in [0.717, 1.165) is 0 Å². The van der Waals surface area contributed by atoms with Crippen LogP contribution in [0, 0.1) is 0 Å². The number of aromatic nitrogens is 1. The Labute approximate surface area is 86.1 Å². The first-order chi connectivity index (χ1) is 6.24. The van der Waals surface area contributed by atoms with Gasteiger partial charge in [0.1, 0.15) is 5.15 Å². The maximum Gasteiger partial charge on any atom is 0.251 e. The van der Waals surface area contributed by atoms with Gasteiger partial charge in [0.2, 0.25) is 0 Å². The first kappa shape index (κ1) is 10.3. The van der Waals surface area contributed by atoms with Gasteiger partial charge in [0.25, 0.3) is 5.91 Å². The Bertz CT molecular complexity index is 304. The molecular formula is C8H8Cl2N2O. The van der Waals surface area contributed by atoms with Crippen molar-refractivity contribution >= 4 is 29.1 Å². The molecule has 0 aliphatic heterocycles. The predicted octanol–water partition coefficient (Wildman–Crippen LogP) is 1.70. The molecule has 0 spiro atoms. The molecule has 1 amide bonds. The number of hydrogen-bond donors (Lipinski definition) is 1. The quantitative estimate of drug-likeness (QED) is 0.621. The summed E-state index contributed by atoms with van der Waals surface area (Å²) in [5.41, 5.74) is 0.491. The smallest absolute Gasteiger partial charge is 0.251 e. The van der Waals surface area contributed by atoms with Crippen LogP contribution in [0.3, 0.4) is 0 Å². The van der Waals surface area contributed by atoms with Crippen LogP contribution in [-0.4, -0.2) is 23.3 Å². The second-order valence-corrected chi connectivity index (χ2v) is 3.08. The fourth-order valence-corrected chi connectivity index (χ4v) is 1.07. The number of carbonyl (C=O) groups excluding carboxylic acids is 1. The highest BCUT2D eigenvalue weighted by Gasteiger charge is 2.04. The SMILES string of the molecule is O=C(NCCCl)c1ccnc(Cl)c1. The standard InChI is InChI=1S/C8H8Cl2N2O/c9-2-4-12-8(13)6-1-3-11-7(10)5-6/h1,3,5H,2,4H2,(H,12,13). The Morgan fingerprint density at radius 3 is 3.00 bits per heavy atom. The molecule has 0 unspecified atom stereocenters. The maximum absolute atomic E-state index is 11.3. The zero-order chi connectivity index (χ0) is 9.68. The molecule has 3 nitrogen and oxygen atoms in total. The summed E-state index contributed by atoms with van der Waals surface area (Å²) in [4.78, 5) is 15.1. The maximum atomic E-state index is 11.3. The van der Waals surface area contributed by atoms with E-state index in [0.29, 0.717) is 23.1 Å². The van der Waals surface area contributed by atoms with E-state index in [-0.39, 0.29) is 5.91 Å². The molecule has 0 bridgehead atoms. The van der Waals surface area contributed by atoms with Crippen molar-refractivity contribution < 1.29 is 4.79 Å². The summed E-state index contributed by atoms with van der Waals surface area (Å²) in [6, 6.07) is 3.10. The predicted molar refractivity (Wildman–Crippen MR) is 52.3 cm³/mol. The van der Waals surface area contributed by atoms with Gasteiger partial charge in [0.05, 0.1) is 0 Å². The summed E-state index contributed by atoms with van der Waals surface area (Å²) < 4.78 is 0.